The molecule has 4 heteroatoms. The molecule has 0 bridgehead atoms. The van der Waals surface area contributed by atoms with E-state index in [0.29, 0.717) is 19.1 Å². The lowest BCUT2D eigenvalue weighted by atomic mass is 9.87. The first kappa shape index (κ1) is 10.6. The molecule has 1 aliphatic rings. The standard InChI is InChI=1S/C11H19N3O/c1-7(2)14-9(4)10(8(3)13-14)11(15)5-12-6-11/h7,12,15H,5-6H2,1-4H3. The summed E-state index contributed by atoms with van der Waals surface area (Å²) in [5, 5.41) is 17.9. The molecular weight excluding hydrogens is 190 g/mol. The van der Waals surface area contributed by atoms with E-state index >= 15 is 0 Å². The molecule has 1 fully saturated rings. The van der Waals surface area contributed by atoms with Crippen LogP contribution >= 0.6 is 0 Å². The number of β-amino-alcohol motifs (C(OH)–C–C–N with tert-alkyl or cyclic N) is 1. The van der Waals surface area contributed by atoms with Crippen LogP contribution in [0.5, 0.6) is 0 Å². The van der Waals surface area contributed by atoms with Crippen LogP contribution in [0.4, 0.5) is 0 Å². The van der Waals surface area contributed by atoms with E-state index in [9.17, 15) is 5.11 Å². The molecule has 0 amide bonds. The van der Waals surface area contributed by atoms with Crippen LogP contribution in [0.25, 0.3) is 0 Å². The third-order valence-corrected chi connectivity index (χ3v) is 3.11. The third-order valence-electron chi connectivity index (χ3n) is 3.11. The Labute approximate surface area is 90.3 Å². The summed E-state index contributed by atoms with van der Waals surface area (Å²) in [7, 11) is 0. The molecule has 0 unspecified atom stereocenters. The van der Waals surface area contributed by atoms with E-state index in [2.05, 4.69) is 24.3 Å². The molecule has 1 aromatic heterocycles. The maximum atomic E-state index is 10.3. The number of rotatable bonds is 2. The monoisotopic (exact) mass is 209 g/mol. The molecule has 1 aliphatic heterocycles. The molecule has 84 valence electrons. The number of aliphatic hydroxyl groups is 1. The fourth-order valence-electron chi connectivity index (χ4n) is 2.38. The molecular formula is C11H19N3O. The van der Waals surface area contributed by atoms with Gasteiger partial charge in [-0.15, -0.1) is 0 Å². The Kier molecular flexibility index (Phi) is 2.35. The molecule has 2 rings (SSSR count). The van der Waals surface area contributed by atoms with Crippen LogP contribution in [-0.2, 0) is 5.60 Å². The molecule has 2 heterocycles. The summed E-state index contributed by atoms with van der Waals surface area (Å²) in [6.45, 7) is 9.48. The van der Waals surface area contributed by atoms with Crippen LogP contribution in [0.1, 0.15) is 36.8 Å². The van der Waals surface area contributed by atoms with Gasteiger partial charge in [-0.05, 0) is 27.7 Å². The summed E-state index contributed by atoms with van der Waals surface area (Å²) < 4.78 is 1.99. The predicted molar refractivity (Wildman–Crippen MR) is 58.9 cm³/mol. The summed E-state index contributed by atoms with van der Waals surface area (Å²) >= 11 is 0. The van der Waals surface area contributed by atoms with Crippen LogP contribution in [0.3, 0.4) is 0 Å². The van der Waals surface area contributed by atoms with Gasteiger partial charge in [0.25, 0.3) is 0 Å². The average Bonchev–Trinajstić information content (AvgIpc) is 2.39. The van der Waals surface area contributed by atoms with E-state index in [0.717, 1.165) is 17.0 Å². The second-order valence-corrected chi connectivity index (χ2v) is 4.72. The highest BCUT2D eigenvalue weighted by Crippen LogP contribution is 2.31. The molecule has 1 saturated heterocycles. The van der Waals surface area contributed by atoms with Crippen LogP contribution in [-0.4, -0.2) is 28.0 Å². The van der Waals surface area contributed by atoms with E-state index < -0.39 is 5.60 Å². The van der Waals surface area contributed by atoms with E-state index in [1.165, 1.54) is 0 Å². The smallest absolute Gasteiger partial charge is 0.118 e. The lowest BCUT2D eigenvalue weighted by Crippen LogP contribution is -2.57. The summed E-state index contributed by atoms with van der Waals surface area (Å²) in [4.78, 5) is 0. The van der Waals surface area contributed by atoms with Crippen molar-refractivity contribution in [2.75, 3.05) is 13.1 Å². The Hall–Kier alpha value is -0.870. The minimum absolute atomic E-state index is 0.342. The molecule has 0 aliphatic carbocycles. The number of hydrogen-bond acceptors (Lipinski definition) is 3. The first-order chi connectivity index (χ1) is 6.96. The van der Waals surface area contributed by atoms with E-state index in [1.807, 2.05) is 18.5 Å². The molecule has 2 N–H and O–H groups in total. The zero-order valence-corrected chi connectivity index (χ0v) is 9.83. The van der Waals surface area contributed by atoms with Gasteiger partial charge in [0.1, 0.15) is 5.60 Å². The Morgan fingerprint density at radius 2 is 2.00 bits per heavy atom. The van der Waals surface area contributed by atoms with Crippen LogP contribution < -0.4 is 5.32 Å². The van der Waals surface area contributed by atoms with Crippen molar-refractivity contribution < 1.29 is 5.11 Å². The van der Waals surface area contributed by atoms with Crippen molar-refractivity contribution in [3.05, 3.63) is 17.0 Å². The highest BCUT2D eigenvalue weighted by atomic mass is 16.3. The maximum Gasteiger partial charge on any atom is 0.118 e. The second-order valence-electron chi connectivity index (χ2n) is 4.72. The summed E-state index contributed by atoms with van der Waals surface area (Å²) in [6, 6.07) is 0.342. The van der Waals surface area contributed by atoms with Gasteiger partial charge in [-0.1, -0.05) is 0 Å². The third kappa shape index (κ3) is 1.48. The Morgan fingerprint density at radius 3 is 2.33 bits per heavy atom. The van der Waals surface area contributed by atoms with Gasteiger partial charge in [-0.3, -0.25) is 4.68 Å². The Balaban J connectivity index is 2.47. The van der Waals surface area contributed by atoms with Gasteiger partial charge in [-0.2, -0.15) is 5.10 Å². The number of hydrogen-bond donors (Lipinski definition) is 2. The fraction of sp³-hybridized carbons (Fsp3) is 0.727. The zero-order valence-electron chi connectivity index (χ0n) is 9.83. The van der Waals surface area contributed by atoms with Gasteiger partial charge < -0.3 is 10.4 Å². The Bertz CT molecular complexity index is 377. The molecule has 15 heavy (non-hydrogen) atoms. The highest BCUT2D eigenvalue weighted by molar-refractivity contribution is 5.34. The van der Waals surface area contributed by atoms with Crippen molar-refractivity contribution in [2.45, 2.75) is 39.3 Å². The molecule has 1 aromatic rings. The fourth-order valence-corrected chi connectivity index (χ4v) is 2.38. The molecule has 0 spiro atoms. The van der Waals surface area contributed by atoms with Crippen molar-refractivity contribution in [2.24, 2.45) is 0 Å². The van der Waals surface area contributed by atoms with Gasteiger partial charge in [0.15, 0.2) is 0 Å². The van der Waals surface area contributed by atoms with Crippen LogP contribution in [0.15, 0.2) is 0 Å². The number of nitrogens with one attached hydrogen (secondary N) is 1. The van der Waals surface area contributed by atoms with Crippen molar-refractivity contribution >= 4 is 0 Å². The minimum atomic E-state index is -0.693. The minimum Gasteiger partial charge on any atom is -0.382 e. The summed E-state index contributed by atoms with van der Waals surface area (Å²) in [5.41, 5.74) is 2.35. The van der Waals surface area contributed by atoms with Gasteiger partial charge in [0, 0.05) is 30.4 Å². The maximum absolute atomic E-state index is 10.3. The Morgan fingerprint density at radius 1 is 1.40 bits per heavy atom. The zero-order chi connectivity index (χ0) is 11.2. The first-order valence-corrected chi connectivity index (χ1v) is 5.45. The molecule has 0 saturated carbocycles. The molecule has 4 nitrogen and oxygen atoms in total. The topological polar surface area (TPSA) is 50.1 Å². The molecule has 0 radical (unpaired) electrons. The van der Waals surface area contributed by atoms with Crippen molar-refractivity contribution in [3.63, 3.8) is 0 Å². The van der Waals surface area contributed by atoms with E-state index in [1.54, 1.807) is 0 Å². The van der Waals surface area contributed by atoms with Crippen molar-refractivity contribution in [1.82, 2.24) is 15.1 Å². The average molecular weight is 209 g/mol. The number of aryl methyl sites for hydroxylation is 1. The van der Waals surface area contributed by atoms with Crippen LogP contribution in [0, 0.1) is 13.8 Å². The summed E-state index contributed by atoms with van der Waals surface area (Å²) in [6.07, 6.45) is 0. The lowest BCUT2D eigenvalue weighted by Gasteiger charge is -2.38. The van der Waals surface area contributed by atoms with Gasteiger partial charge in [-0.25, -0.2) is 0 Å². The van der Waals surface area contributed by atoms with Crippen LogP contribution in [0.2, 0.25) is 0 Å². The van der Waals surface area contributed by atoms with Crippen molar-refractivity contribution in [1.29, 1.82) is 0 Å². The number of aromatic nitrogens is 2. The summed E-state index contributed by atoms with van der Waals surface area (Å²) in [5.74, 6) is 0. The first-order valence-electron chi connectivity index (χ1n) is 5.45. The van der Waals surface area contributed by atoms with E-state index in [-0.39, 0.29) is 0 Å². The van der Waals surface area contributed by atoms with Crippen molar-refractivity contribution in [3.8, 4) is 0 Å². The molecule has 0 aromatic carbocycles. The second kappa shape index (κ2) is 3.32. The quantitative estimate of drug-likeness (QED) is 0.760. The normalized spacial score (nSPS) is 19.3. The van der Waals surface area contributed by atoms with Gasteiger partial charge in [0.2, 0.25) is 0 Å². The molecule has 0 atom stereocenters. The largest absolute Gasteiger partial charge is 0.382 e. The van der Waals surface area contributed by atoms with E-state index in [4.69, 9.17) is 0 Å². The number of nitrogens with zero attached hydrogens (tertiary/aromatic N) is 2. The SMILES string of the molecule is Cc1nn(C(C)C)c(C)c1C1(O)CNC1. The van der Waals surface area contributed by atoms with Gasteiger partial charge >= 0.3 is 0 Å². The predicted octanol–water partition coefficient (Wildman–Crippen LogP) is 0.872. The van der Waals surface area contributed by atoms with Gasteiger partial charge in [0.05, 0.1) is 5.69 Å². The lowest BCUT2D eigenvalue weighted by molar-refractivity contribution is -0.0158. The highest BCUT2D eigenvalue weighted by Gasteiger charge is 2.40.